The maximum absolute atomic E-state index is 11.7. The Morgan fingerprint density at radius 3 is 3.07 bits per heavy atom. The summed E-state index contributed by atoms with van der Waals surface area (Å²) in [6.45, 7) is 1.09. The predicted molar refractivity (Wildman–Crippen MR) is 55.1 cm³/mol. The summed E-state index contributed by atoms with van der Waals surface area (Å²) in [5.41, 5.74) is -0.439. The molecular weight excluding hydrogens is 218 g/mol. The average molecular weight is 230 g/mol. The summed E-state index contributed by atoms with van der Waals surface area (Å²) < 4.78 is 10.2. The number of ether oxygens (including phenoxy) is 1. The molecule has 0 aromatic carbocycles. The molecule has 1 aromatic heterocycles. The summed E-state index contributed by atoms with van der Waals surface area (Å²) in [7, 11) is 0. The van der Waals surface area contributed by atoms with Crippen LogP contribution in [0.4, 0.5) is 0 Å². The summed E-state index contributed by atoms with van der Waals surface area (Å²) in [4.78, 5) is 11.7. The minimum atomic E-state index is -0.439. The normalized spacial score (nSPS) is 25.4. The van der Waals surface area contributed by atoms with Crippen molar-refractivity contribution in [3.05, 3.63) is 24.2 Å². The second-order valence-corrected chi connectivity index (χ2v) is 3.92. The highest BCUT2D eigenvalue weighted by Gasteiger charge is 2.36. The van der Waals surface area contributed by atoms with Gasteiger partial charge in [0, 0.05) is 12.5 Å². The van der Waals surface area contributed by atoms with E-state index < -0.39 is 5.54 Å². The molecule has 5 heteroatoms. The molecule has 4 nitrogen and oxygen atoms in total. The number of rotatable bonds is 3. The highest BCUT2D eigenvalue weighted by molar-refractivity contribution is 6.19. The number of amides is 1. The highest BCUT2D eigenvalue weighted by atomic mass is 35.5. The quantitative estimate of drug-likeness (QED) is 0.798. The Morgan fingerprint density at radius 1 is 1.67 bits per heavy atom. The van der Waals surface area contributed by atoms with Crippen molar-refractivity contribution in [1.82, 2.24) is 5.32 Å². The Kier molecular flexibility index (Phi) is 2.98. The average Bonchev–Trinajstić information content (AvgIpc) is 2.88. The number of carbonyl (C=O) groups excluding carboxylic acids is 1. The standard InChI is InChI=1S/C10H12ClNO3/c11-6-10(3-5-14-7-10)12-9(13)8-2-1-4-15-8/h1-2,4H,3,5-7H2,(H,12,13). The molecule has 1 amide bonds. The van der Waals surface area contributed by atoms with Crippen LogP contribution in [0.5, 0.6) is 0 Å². The van der Waals surface area contributed by atoms with E-state index in [1.165, 1.54) is 6.26 Å². The van der Waals surface area contributed by atoms with E-state index in [2.05, 4.69) is 5.32 Å². The van der Waals surface area contributed by atoms with Gasteiger partial charge in [0.1, 0.15) is 0 Å². The topological polar surface area (TPSA) is 51.5 Å². The van der Waals surface area contributed by atoms with Gasteiger partial charge in [-0.3, -0.25) is 4.79 Å². The second kappa shape index (κ2) is 4.24. The lowest BCUT2D eigenvalue weighted by Crippen LogP contribution is -2.50. The minimum absolute atomic E-state index is 0.244. The Morgan fingerprint density at radius 2 is 2.53 bits per heavy atom. The smallest absolute Gasteiger partial charge is 0.287 e. The lowest BCUT2D eigenvalue weighted by molar-refractivity contribution is 0.0863. The van der Waals surface area contributed by atoms with Crippen molar-refractivity contribution in [1.29, 1.82) is 0 Å². The van der Waals surface area contributed by atoms with E-state index >= 15 is 0 Å². The molecule has 1 unspecified atom stereocenters. The first-order valence-corrected chi connectivity index (χ1v) is 5.29. The lowest BCUT2D eigenvalue weighted by Gasteiger charge is -2.25. The zero-order chi connectivity index (χ0) is 10.7. The van der Waals surface area contributed by atoms with Gasteiger partial charge in [-0.2, -0.15) is 0 Å². The second-order valence-electron chi connectivity index (χ2n) is 3.65. The zero-order valence-corrected chi connectivity index (χ0v) is 8.92. The molecule has 1 aromatic rings. The number of carbonyl (C=O) groups is 1. The van der Waals surface area contributed by atoms with Gasteiger partial charge in [0.25, 0.3) is 5.91 Å². The number of hydrogen-bond donors (Lipinski definition) is 1. The highest BCUT2D eigenvalue weighted by Crippen LogP contribution is 2.20. The minimum Gasteiger partial charge on any atom is -0.459 e. The van der Waals surface area contributed by atoms with Crippen LogP contribution in [0, 0.1) is 0 Å². The van der Waals surface area contributed by atoms with Gasteiger partial charge in [-0.15, -0.1) is 11.6 Å². The molecule has 1 saturated heterocycles. The van der Waals surface area contributed by atoms with Crippen LogP contribution in [0.2, 0.25) is 0 Å². The van der Waals surface area contributed by atoms with E-state index in [4.69, 9.17) is 20.8 Å². The van der Waals surface area contributed by atoms with Gasteiger partial charge in [0.05, 0.1) is 18.4 Å². The number of halogens is 1. The van der Waals surface area contributed by atoms with Gasteiger partial charge >= 0.3 is 0 Å². The third-order valence-electron chi connectivity index (χ3n) is 2.48. The van der Waals surface area contributed by atoms with Gasteiger partial charge in [-0.25, -0.2) is 0 Å². The number of alkyl halides is 1. The van der Waals surface area contributed by atoms with Crippen molar-refractivity contribution in [2.75, 3.05) is 19.1 Å². The summed E-state index contributed by atoms with van der Waals surface area (Å²) in [6.07, 6.45) is 2.20. The van der Waals surface area contributed by atoms with E-state index in [0.717, 1.165) is 6.42 Å². The van der Waals surface area contributed by atoms with Crippen LogP contribution >= 0.6 is 11.6 Å². The van der Waals surface area contributed by atoms with Crippen LogP contribution in [-0.4, -0.2) is 30.5 Å². The monoisotopic (exact) mass is 229 g/mol. The molecule has 15 heavy (non-hydrogen) atoms. The Balaban J connectivity index is 2.04. The van der Waals surface area contributed by atoms with Crippen molar-refractivity contribution in [2.45, 2.75) is 12.0 Å². The largest absolute Gasteiger partial charge is 0.459 e. The van der Waals surface area contributed by atoms with Crippen molar-refractivity contribution in [2.24, 2.45) is 0 Å². The van der Waals surface area contributed by atoms with Gasteiger partial charge in [-0.05, 0) is 18.6 Å². The third-order valence-corrected chi connectivity index (χ3v) is 2.99. The van der Waals surface area contributed by atoms with Gasteiger partial charge in [0.2, 0.25) is 0 Å². The van der Waals surface area contributed by atoms with E-state index in [9.17, 15) is 4.79 Å². The summed E-state index contributed by atoms with van der Waals surface area (Å²) in [6, 6.07) is 3.29. The molecule has 1 N–H and O–H groups in total. The maximum atomic E-state index is 11.7. The first-order chi connectivity index (χ1) is 7.26. The zero-order valence-electron chi connectivity index (χ0n) is 8.16. The number of hydrogen-bond acceptors (Lipinski definition) is 3. The molecule has 1 fully saturated rings. The Hall–Kier alpha value is -1.00. The van der Waals surface area contributed by atoms with Crippen molar-refractivity contribution >= 4 is 17.5 Å². The van der Waals surface area contributed by atoms with Crippen molar-refractivity contribution < 1.29 is 13.9 Å². The molecule has 0 bridgehead atoms. The maximum Gasteiger partial charge on any atom is 0.287 e. The number of nitrogens with one attached hydrogen (secondary N) is 1. The van der Waals surface area contributed by atoms with Crippen LogP contribution in [0.1, 0.15) is 17.0 Å². The summed E-state index contributed by atoms with van der Waals surface area (Å²) in [5, 5.41) is 2.85. The first kappa shape index (κ1) is 10.5. The van der Waals surface area contributed by atoms with Crippen molar-refractivity contribution in [3.8, 4) is 0 Å². The molecule has 1 aliphatic rings. The first-order valence-electron chi connectivity index (χ1n) is 4.75. The van der Waals surface area contributed by atoms with Gasteiger partial charge < -0.3 is 14.5 Å². The predicted octanol–water partition coefficient (Wildman–Crippen LogP) is 1.41. The van der Waals surface area contributed by atoms with E-state index in [-0.39, 0.29) is 5.91 Å². The van der Waals surface area contributed by atoms with Crippen molar-refractivity contribution in [3.63, 3.8) is 0 Å². The van der Waals surface area contributed by atoms with Gasteiger partial charge in [0.15, 0.2) is 5.76 Å². The summed E-state index contributed by atoms with van der Waals surface area (Å²) >= 11 is 5.84. The number of furan rings is 1. The van der Waals surface area contributed by atoms with Crippen LogP contribution in [-0.2, 0) is 4.74 Å². The lowest BCUT2D eigenvalue weighted by atomic mass is 10.0. The van der Waals surface area contributed by atoms with Gasteiger partial charge in [-0.1, -0.05) is 0 Å². The molecule has 0 aliphatic carbocycles. The van der Waals surface area contributed by atoms with Crippen LogP contribution in [0.25, 0.3) is 0 Å². The Bertz CT molecular complexity index is 330. The molecule has 0 radical (unpaired) electrons. The molecule has 1 aliphatic heterocycles. The van der Waals surface area contributed by atoms with Crippen LogP contribution in [0.15, 0.2) is 22.8 Å². The third kappa shape index (κ3) is 2.16. The molecule has 2 heterocycles. The molecule has 0 saturated carbocycles. The molecule has 2 rings (SSSR count). The molecule has 1 atom stereocenters. The molecule has 0 spiro atoms. The SMILES string of the molecule is O=C(NC1(CCl)CCOC1)c1ccco1. The fourth-order valence-corrected chi connectivity index (χ4v) is 1.83. The fourth-order valence-electron chi connectivity index (χ4n) is 1.55. The van der Waals surface area contributed by atoms with E-state index in [0.29, 0.717) is 24.9 Å². The fraction of sp³-hybridized carbons (Fsp3) is 0.500. The molecular formula is C10H12ClNO3. The van der Waals surface area contributed by atoms with Crippen LogP contribution in [0.3, 0.4) is 0 Å². The van der Waals surface area contributed by atoms with E-state index in [1.807, 2.05) is 0 Å². The summed E-state index contributed by atoms with van der Waals surface area (Å²) in [5.74, 6) is 0.400. The van der Waals surface area contributed by atoms with Crippen LogP contribution < -0.4 is 5.32 Å². The van der Waals surface area contributed by atoms with E-state index in [1.54, 1.807) is 12.1 Å². The Labute approximate surface area is 92.5 Å². The molecule has 82 valence electrons.